The standard InChI is InChI=1S/C47H75N11O15/c1-8-24(6)37(44(69)57-38(25(7)60)45(70)53-31(47(72)73)18-22(2)3)56-42(67)33-10-9-17-58(33)46(71)30(20-35(50)63)52-43(68)36(23(4)5)55-40(65)29(15-16-34(49)62)51-41(66)32(21-59)54-39(64)28(48)19-26-11-13-27(61)14-12-26/h11-14,22-25,28-33,36-38,59-61H,8-10,15-21,48H2,1-7H3,(H2,49,62)(H2,50,63)(H,51,66)(H,52,68)(H,53,70)(H,54,64)(H,55,65)(H,56,67)(H,57,69)(H,72,73)/t24-,25+,28-,29-,30-,31-,32-,33-,36-,37-,38-/m0/s1. The summed E-state index contributed by atoms with van der Waals surface area (Å²) in [6.45, 7) is 10.1. The Morgan fingerprint density at radius 3 is 1.74 bits per heavy atom. The number of aliphatic hydroxyl groups excluding tert-OH is 2. The minimum absolute atomic E-state index is 0.0111. The molecule has 0 aromatic heterocycles. The number of phenols is 1. The molecule has 408 valence electrons. The van der Waals surface area contributed by atoms with Gasteiger partial charge in [0.1, 0.15) is 54.1 Å². The quantitative estimate of drug-likeness (QED) is 0.0349. The highest BCUT2D eigenvalue weighted by molar-refractivity contribution is 5.99. The molecule has 0 radical (unpaired) electrons. The largest absolute Gasteiger partial charge is 0.508 e. The van der Waals surface area contributed by atoms with Crippen molar-refractivity contribution in [2.45, 2.75) is 160 Å². The summed E-state index contributed by atoms with van der Waals surface area (Å²) < 4.78 is 0. The summed E-state index contributed by atoms with van der Waals surface area (Å²) in [6.07, 6.45) is -2.40. The van der Waals surface area contributed by atoms with E-state index in [1.165, 1.54) is 45.0 Å². The summed E-state index contributed by atoms with van der Waals surface area (Å²) in [5, 5.41) is 56.6. The number of benzene rings is 1. The Labute approximate surface area is 423 Å². The molecule has 0 unspecified atom stereocenters. The topological polar surface area (TPSA) is 434 Å². The van der Waals surface area contributed by atoms with Gasteiger partial charge in [-0.3, -0.25) is 47.9 Å². The number of carboxylic acid groups (broad SMARTS) is 1. The summed E-state index contributed by atoms with van der Waals surface area (Å²) >= 11 is 0. The average molecular weight is 1030 g/mol. The lowest BCUT2D eigenvalue weighted by Crippen LogP contribution is -2.62. The molecule has 17 N–H and O–H groups in total. The first-order valence-corrected chi connectivity index (χ1v) is 24.2. The van der Waals surface area contributed by atoms with Crippen LogP contribution >= 0.6 is 0 Å². The van der Waals surface area contributed by atoms with Gasteiger partial charge in [-0.2, -0.15) is 0 Å². The molecular weight excluding hydrogens is 959 g/mol. The van der Waals surface area contributed by atoms with Crippen LogP contribution < -0.4 is 54.4 Å². The normalized spacial score (nSPS) is 17.5. The van der Waals surface area contributed by atoms with Crippen LogP contribution in [0.4, 0.5) is 0 Å². The second-order valence-corrected chi connectivity index (χ2v) is 19.1. The van der Waals surface area contributed by atoms with E-state index in [0.29, 0.717) is 12.0 Å². The number of likely N-dealkylation sites (tertiary alicyclic amines) is 1. The van der Waals surface area contributed by atoms with E-state index in [0.717, 1.165) is 4.90 Å². The van der Waals surface area contributed by atoms with Crippen molar-refractivity contribution in [1.82, 2.24) is 42.1 Å². The fraction of sp³-hybridized carbons (Fsp3) is 0.638. The van der Waals surface area contributed by atoms with E-state index in [2.05, 4.69) is 37.2 Å². The molecule has 73 heavy (non-hydrogen) atoms. The third-order valence-corrected chi connectivity index (χ3v) is 12.1. The zero-order valence-corrected chi connectivity index (χ0v) is 42.3. The first kappa shape index (κ1) is 62.2. The molecule has 10 amide bonds. The number of amides is 10. The van der Waals surface area contributed by atoms with Crippen molar-refractivity contribution in [2.24, 2.45) is 35.0 Å². The number of rotatable bonds is 30. The maximum absolute atomic E-state index is 14.2. The molecule has 1 aliphatic heterocycles. The fourth-order valence-electron chi connectivity index (χ4n) is 7.79. The van der Waals surface area contributed by atoms with Gasteiger partial charge >= 0.3 is 5.97 Å². The van der Waals surface area contributed by atoms with Gasteiger partial charge < -0.3 is 79.7 Å². The van der Waals surface area contributed by atoms with Crippen LogP contribution in [0.1, 0.15) is 99.0 Å². The first-order chi connectivity index (χ1) is 34.1. The highest BCUT2D eigenvalue weighted by Gasteiger charge is 2.42. The number of nitrogens with one attached hydrogen (secondary N) is 7. The van der Waals surface area contributed by atoms with Crippen LogP contribution in [0.2, 0.25) is 0 Å². The van der Waals surface area contributed by atoms with Crippen molar-refractivity contribution in [3.05, 3.63) is 29.8 Å². The molecule has 1 saturated heterocycles. The highest BCUT2D eigenvalue weighted by Crippen LogP contribution is 2.21. The number of aromatic hydroxyl groups is 1. The van der Waals surface area contributed by atoms with Gasteiger partial charge in [0.2, 0.25) is 59.1 Å². The van der Waals surface area contributed by atoms with Crippen molar-refractivity contribution in [2.75, 3.05) is 13.2 Å². The summed E-state index contributed by atoms with van der Waals surface area (Å²) in [5.74, 6) is -12.2. The second kappa shape index (κ2) is 29.6. The number of nitrogens with zero attached hydrogens (tertiary/aromatic N) is 1. The van der Waals surface area contributed by atoms with Crippen LogP contribution in [-0.4, -0.2) is 164 Å². The number of carboxylic acids is 1. The zero-order valence-electron chi connectivity index (χ0n) is 42.3. The third-order valence-electron chi connectivity index (χ3n) is 12.1. The van der Waals surface area contributed by atoms with E-state index in [-0.39, 0.29) is 43.9 Å². The van der Waals surface area contributed by atoms with Crippen LogP contribution in [0.3, 0.4) is 0 Å². The molecule has 26 heteroatoms. The van der Waals surface area contributed by atoms with Crippen LogP contribution in [0, 0.1) is 17.8 Å². The van der Waals surface area contributed by atoms with Gasteiger partial charge in [0.25, 0.3) is 0 Å². The highest BCUT2D eigenvalue weighted by atomic mass is 16.4. The number of hydrogen-bond donors (Lipinski definition) is 14. The third kappa shape index (κ3) is 19.9. The van der Waals surface area contributed by atoms with E-state index in [9.17, 15) is 73.2 Å². The van der Waals surface area contributed by atoms with E-state index < -0.39 is 163 Å². The summed E-state index contributed by atoms with van der Waals surface area (Å²) in [5.41, 5.74) is 17.4. The van der Waals surface area contributed by atoms with E-state index in [1.807, 2.05) is 0 Å². The minimum Gasteiger partial charge on any atom is -0.508 e. The lowest BCUT2D eigenvalue weighted by Gasteiger charge is -2.32. The first-order valence-electron chi connectivity index (χ1n) is 24.2. The Balaban J connectivity index is 2.30. The van der Waals surface area contributed by atoms with Crippen molar-refractivity contribution < 1.29 is 73.2 Å². The predicted octanol–water partition coefficient (Wildman–Crippen LogP) is -4.01. The van der Waals surface area contributed by atoms with E-state index in [1.54, 1.807) is 27.7 Å². The van der Waals surface area contributed by atoms with Crippen LogP contribution in [-0.2, 0) is 59.2 Å². The van der Waals surface area contributed by atoms with Crippen LogP contribution in [0.5, 0.6) is 5.75 Å². The van der Waals surface area contributed by atoms with Crippen molar-refractivity contribution in [3.8, 4) is 5.75 Å². The molecule has 11 atom stereocenters. The van der Waals surface area contributed by atoms with Crippen LogP contribution in [0.15, 0.2) is 24.3 Å². The Bertz CT molecular complexity index is 2120. The van der Waals surface area contributed by atoms with Gasteiger partial charge in [-0.25, -0.2) is 4.79 Å². The molecule has 1 fully saturated rings. The number of aliphatic hydroxyl groups is 2. The molecule has 0 aliphatic carbocycles. The lowest BCUT2D eigenvalue weighted by molar-refractivity contribution is -0.144. The maximum atomic E-state index is 14.2. The Hall–Kier alpha value is -6.93. The Kier molecular flexibility index (Phi) is 25.2. The molecule has 0 spiro atoms. The van der Waals surface area contributed by atoms with Crippen molar-refractivity contribution >= 4 is 65.0 Å². The number of nitrogens with two attached hydrogens (primary N) is 3. The number of aliphatic carboxylic acids is 1. The van der Waals surface area contributed by atoms with Gasteiger partial charge in [-0.1, -0.05) is 60.1 Å². The monoisotopic (exact) mass is 1030 g/mol. The summed E-state index contributed by atoms with van der Waals surface area (Å²) in [7, 11) is 0. The van der Waals surface area contributed by atoms with E-state index >= 15 is 0 Å². The minimum atomic E-state index is -1.69. The number of hydrogen-bond acceptors (Lipinski definition) is 15. The molecule has 26 nitrogen and oxygen atoms in total. The van der Waals surface area contributed by atoms with Crippen molar-refractivity contribution in [1.29, 1.82) is 0 Å². The number of carbonyl (C=O) groups excluding carboxylic acids is 10. The van der Waals surface area contributed by atoms with Gasteiger partial charge in [0.15, 0.2) is 0 Å². The SMILES string of the molecule is CC[C@H](C)[C@H](NC(=O)[C@@H]1CCCN1C(=O)[C@H](CC(N)=O)NC(=O)[C@@H](NC(=O)[C@H](CCC(N)=O)NC(=O)[C@H](CO)NC(=O)[C@@H](N)Cc1ccc(O)cc1)C(C)C)C(=O)N[C@H](C(=O)N[C@@H](CC(C)C)C(=O)O)[C@@H](C)O. The zero-order chi connectivity index (χ0) is 55.4. The molecule has 1 heterocycles. The fourth-order valence-corrected chi connectivity index (χ4v) is 7.79. The maximum Gasteiger partial charge on any atom is 0.326 e. The van der Waals surface area contributed by atoms with Crippen molar-refractivity contribution in [3.63, 3.8) is 0 Å². The number of primary amides is 2. The average Bonchev–Trinajstić information content (AvgIpc) is 3.81. The number of phenolic OH excluding ortho intramolecular Hbond substituents is 1. The molecule has 1 aromatic rings. The second-order valence-electron chi connectivity index (χ2n) is 19.1. The van der Waals surface area contributed by atoms with Gasteiger partial charge in [0.05, 0.1) is 25.2 Å². The van der Waals surface area contributed by atoms with E-state index in [4.69, 9.17) is 17.2 Å². The summed E-state index contributed by atoms with van der Waals surface area (Å²) in [4.78, 5) is 146. The van der Waals surface area contributed by atoms with Gasteiger partial charge in [-0.05, 0) is 74.5 Å². The van der Waals surface area contributed by atoms with Crippen LogP contribution in [0.25, 0.3) is 0 Å². The molecular formula is C47H75N11O15. The Morgan fingerprint density at radius 1 is 0.685 bits per heavy atom. The molecule has 1 aliphatic rings. The molecule has 0 saturated carbocycles. The smallest absolute Gasteiger partial charge is 0.326 e. The predicted molar refractivity (Wildman–Crippen MR) is 260 cm³/mol. The lowest BCUT2D eigenvalue weighted by atomic mass is 9.96. The number of carbonyl (C=O) groups is 11. The van der Waals surface area contributed by atoms with Gasteiger partial charge in [0, 0.05) is 13.0 Å². The van der Waals surface area contributed by atoms with Gasteiger partial charge in [-0.15, -0.1) is 0 Å². The summed E-state index contributed by atoms with van der Waals surface area (Å²) in [6, 6.07) is -7.32. The molecule has 2 rings (SSSR count). The molecule has 0 bridgehead atoms. The molecule has 1 aromatic carbocycles. The Morgan fingerprint density at radius 2 is 1.22 bits per heavy atom.